The Bertz CT molecular complexity index is 1470. The van der Waals surface area contributed by atoms with Crippen LogP contribution in [0.1, 0.15) is 49.7 Å². The molecule has 1 saturated carbocycles. The van der Waals surface area contributed by atoms with Gasteiger partial charge in [-0.3, -0.25) is 13.9 Å². The van der Waals surface area contributed by atoms with E-state index < -0.39 is 21.9 Å². The van der Waals surface area contributed by atoms with Gasteiger partial charge in [0.05, 0.1) is 11.9 Å². The summed E-state index contributed by atoms with van der Waals surface area (Å²) in [5.74, 6) is -1.13. The number of hydrogen-bond donors (Lipinski definition) is 1. The first-order chi connectivity index (χ1) is 20.1. The average molecular weight is 659 g/mol. The summed E-state index contributed by atoms with van der Waals surface area (Å²) in [7, 11) is -3.80. The average Bonchev–Trinajstić information content (AvgIpc) is 3.46. The molecule has 0 radical (unpaired) electrons. The highest BCUT2D eigenvalue weighted by Crippen LogP contribution is 2.24. The van der Waals surface area contributed by atoms with E-state index in [4.69, 9.17) is 0 Å². The standard InChI is InChI=1S/C32H37BrFN3O4S/c1-42(40,41)37(29-18-8-7-17-28(29)34)20-10-19-31(38)36(23-25-13-9-14-26(33)21-25)30(22-24-11-3-2-4-12-24)32(39)35-27-15-5-6-16-27/h2-4,7-9,11-14,17-18,21,27,30H,5-6,10,15-16,19-20,22-23H2,1H3,(H,35,39)/t30-/m0/s1. The number of nitrogens with zero attached hydrogens (tertiary/aromatic N) is 2. The van der Waals surface area contributed by atoms with Crippen molar-refractivity contribution in [2.45, 2.75) is 63.6 Å². The maximum absolute atomic E-state index is 14.5. The van der Waals surface area contributed by atoms with Crippen molar-refractivity contribution in [3.63, 3.8) is 0 Å². The number of benzene rings is 3. The summed E-state index contributed by atoms with van der Waals surface area (Å²) in [6, 6.07) is 22.2. The molecule has 1 aliphatic carbocycles. The van der Waals surface area contributed by atoms with Crippen molar-refractivity contribution in [3.8, 4) is 0 Å². The van der Waals surface area contributed by atoms with Crippen molar-refractivity contribution in [2.24, 2.45) is 0 Å². The Kier molecular flexibility index (Phi) is 11.2. The van der Waals surface area contributed by atoms with E-state index >= 15 is 0 Å². The number of amides is 2. The highest BCUT2D eigenvalue weighted by atomic mass is 79.9. The lowest BCUT2D eigenvalue weighted by molar-refractivity contribution is -0.141. The van der Waals surface area contributed by atoms with Gasteiger partial charge in [-0.1, -0.05) is 83.4 Å². The van der Waals surface area contributed by atoms with Crippen LogP contribution in [-0.2, 0) is 32.6 Å². The molecule has 3 aromatic carbocycles. The second-order valence-electron chi connectivity index (χ2n) is 10.7. The summed E-state index contributed by atoms with van der Waals surface area (Å²) in [6.07, 6.45) is 5.45. The van der Waals surface area contributed by atoms with Crippen LogP contribution < -0.4 is 9.62 Å². The summed E-state index contributed by atoms with van der Waals surface area (Å²) in [5.41, 5.74) is 1.73. The molecule has 0 aliphatic heterocycles. The Hall–Kier alpha value is -3.24. The van der Waals surface area contributed by atoms with Crippen LogP contribution in [0, 0.1) is 5.82 Å². The topological polar surface area (TPSA) is 86.8 Å². The van der Waals surface area contributed by atoms with Crippen LogP contribution in [0.2, 0.25) is 0 Å². The minimum absolute atomic E-state index is 0.0174. The van der Waals surface area contributed by atoms with Gasteiger partial charge in [0.15, 0.2) is 0 Å². The van der Waals surface area contributed by atoms with Crippen LogP contribution in [0.3, 0.4) is 0 Å². The number of carbonyl (C=O) groups excluding carboxylic acids is 2. The maximum Gasteiger partial charge on any atom is 0.243 e. The molecule has 224 valence electrons. The van der Waals surface area contributed by atoms with Gasteiger partial charge in [-0.05, 0) is 54.7 Å². The fraction of sp³-hybridized carbons (Fsp3) is 0.375. The van der Waals surface area contributed by atoms with Gasteiger partial charge in [-0.2, -0.15) is 0 Å². The van der Waals surface area contributed by atoms with Crippen molar-refractivity contribution in [1.82, 2.24) is 10.2 Å². The van der Waals surface area contributed by atoms with E-state index in [9.17, 15) is 22.4 Å². The fourth-order valence-corrected chi connectivity index (χ4v) is 6.80. The molecule has 3 aromatic rings. The second kappa shape index (κ2) is 14.8. The molecular formula is C32H37BrFN3O4S. The number of hydrogen-bond acceptors (Lipinski definition) is 4. The summed E-state index contributed by atoms with van der Waals surface area (Å²) in [6.45, 7) is 0.130. The molecule has 7 nitrogen and oxygen atoms in total. The first-order valence-corrected chi connectivity index (χ1v) is 16.9. The number of para-hydroxylation sites is 1. The Morgan fingerprint density at radius 1 is 0.976 bits per heavy atom. The lowest BCUT2D eigenvalue weighted by Crippen LogP contribution is -2.52. The molecule has 4 rings (SSSR count). The Morgan fingerprint density at radius 2 is 1.64 bits per heavy atom. The first kappa shape index (κ1) is 31.7. The number of anilines is 1. The molecule has 1 fully saturated rings. The quantitative estimate of drug-likeness (QED) is 0.251. The molecule has 0 heterocycles. The number of carbonyl (C=O) groups is 2. The molecule has 10 heteroatoms. The molecule has 0 unspecified atom stereocenters. The third kappa shape index (κ3) is 8.88. The molecule has 1 aliphatic rings. The number of sulfonamides is 1. The lowest BCUT2D eigenvalue weighted by atomic mass is 10.0. The van der Waals surface area contributed by atoms with E-state index in [1.165, 1.54) is 18.2 Å². The molecule has 1 atom stereocenters. The summed E-state index contributed by atoms with van der Waals surface area (Å²) < 4.78 is 41.4. The van der Waals surface area contributed by atoms with Gasteiger partial charge in [0, 0.05) is 36.4 Å². The van der Waals surface area contributed by atoms with Crippen LogP contribution in [0.5, 0.6) is 0 Å². The van der Waals surface area contributed by atoms with E-state index in [1.807, 2.05) is 54.6 Å². The highest BCUT2D eigenvalue weighted by molar-refractivity contribution is 9.10. The van der Waals surface area contributed by atoms with Crippen LogP contribution in [0.4, 0.5) is 10.1 Å². The summed E-state index contributed by atoms with van der Waals surface area (Å²) >= 11 is 3.50. The fourth-order valence-electron chi connectivity index (χ4n) is 5.39. The normalized spacial score (nSPS) is 14.4. The molecular weight excluding hydrogens is 621 g/mol. The SMILES string of the molecule is CS(=O)(=O)N(CCCC(=O)N(Cc1cccc(Br)c1)[C@@H](Cc1ccccc1)C(=O)NC1CCCC1)c1ccccc1F. The van der Waals surface area contributed by atoms with Gasteiger partial charge in [0.2, 0.25) is 21.8 Å². The van der Waals surface area contributed by atoms with Crippen molar-refractivity contribution in [1.29, 1.82) is 0 Å². The lowest BCUT2D eigenvalue weighted by Gasteiger charge is -2.33. The highest BCUT2D eigenvalue weighted by Gasteiger charge is 2.32. The van der Waals surface area contributed by atoms with Gasteiger partial charge >= 0.3 is 0 Å². The third-order valence-corrected chi connectivity index (χ3v) is 9.16. The van der Waals surface area contributed by atoms with Crippen molar-refractivity contribution < 1.29 is 22.4 Å². The molecule has 2 amide bonds. The minimum Gasteiger partial charge on any atom is -0.352 e. The van der Waals surface area contributed by atoms with Crippen molar-refractivity contribution in [2.75, 3.05) is 17.1 Å². The van der Waals surface area contributed by atoms with Gasteiger partial charge in [0.1, 0.15) is 11.9 Å². The van der Waals surface area contributed by atoms with Gasteiger partial charge in [0.25, 0.3) is 0 Å². The van der Waals surface area contributed by atoms with E-state index in [0.29, 0.717) is 6.42 Å². The predicted octanol–water partition coefficient (Wildman–Crippen LogP) is 5.83. The second-order valence-corrected chi connectivity index (χ2v) is 13.6. The zero-order chi connectivity index (χ0) is 30.1. The smallest absolute Gasteiger partial charge is 0.243 e. The Balaban J connectivity index is 1.59. The molecule has 42 heavy (non-hydrogen) atoms. The van der Waals surface area contributed by atoms with E-state index in [0.717, 1.165) is 51.8 Å². The van der Waals surface area contributed by atoms with Crippen molar-refractivity contribution in [3.05, 3.63) is 100 Å². The number of halogens is 2. The summed E-state index contributed by atoms with van der Waals surface area (Å²) in [5, 5.41) is 3.18. The number of rotatable bonds is 13. The van der Waals surface area contributed by atoms with E-state index in [2.05, 4.69) is 21.2 Å². The Morgan fingerprint density at radius 3 is 2.31 bits per heavy atom. The van der Waals surface area contributed by atoms with Crippen LogP contribution in [0.15, 0.2) is 83.3 Å². The zero-order valence-electron chi connectivity index (χ0n) is 23.7. The molecule has 1 N–H and O–H groups in total. The first-order valence-electron chi connectivity index (χ1n) is 14.2. The van der Waals surface area contributed by atoms with Gasteiger partial charge < -0.3 is 10.2 Å². The molecule has 0 saturated heterocycles. The monoisotopic (exact) mass is 657 g/mol. The van der Waals surface area contributed by atoms with E-state index in [1.54, 1.807) is 11.0 Å². The minimum atomic E-state index is -3.80. The number of nitrogens with one attached hydrogen (secondary N) is 1. The summed E-state index contributed by atoms with van der Waals surface area (Å²) in [4.78, 5) is 29.3. The third-order valence-electron chi connectivity index (χ3n) is 7.49. The Labute approximate surface area is 256 Å². The largest absolute Gasteiger partial charge is 0.352 e. The van der Waals surface area contributed by atoms with Crippen molar-refractivity contribution >= 4 is 43.5 Å². The van der Waals surface area contributed by atoms with Crippen LogP contribution in [-0.4, -0.2) is 50.0 Å². The maximum atomic E-state index is 14.5. The van der Waals surface area contributed by atoms with Gasteiger partial charge in [-0.15, -0.1) is 0 Å². The molecule has 0 spiro atoms. The van der Waals surface area contributed by atoms with E-state index in [-0.39, 0.29) is 49.5 Å². The van der Waals surface area contributed by atoms with Crippen LogP contribution in [0.25, 0.3) is 0 Å². The zero-order valence-corrected chi connectivity index (χ0v) is 26.1. The van der Waals surface area contributed by atoms with Gasteiger partial charge in [-0.25, -0.2) is 12.8 Å². The molecule has 0 bridgehead atoms. The predicted molar refractivity (Wildman–Crippen MR) is 167 cm³/mol. The molecule has 0 aromatic heterocycles. The van der Waals surface area contributed by atoms with Crippen LogP contribution >= 0.6 is 15.9 Å².